The Hall–Kier alpha value is -3.21. The van der Waals surface area contributed by atoms with Gasteiger partial charge in [-0.15, -0.1) is 0 Å². The third kappa shape index (κ3) is 3.25. The van der Waals surface area contributed by atoms with E-state index in [0.717, 1.165) is 5.69 Å². The quantitative estimate of drug-likeness (QED) is 0.852. The Morgan fingerprint density at radius 1 is 1.25 bits per heavy atom. The smallest absolute Gasteiger partial charge is 0.255 e. The lowest BCUT2D eigenvalue weighted by Gasteiger charge is -2.34. The van der Waals surface area contributed by atoms with Crippen LogP contribution < -0.4 is 10.5 Å². The van der Waals surface area contributed by atoms with Crippen LogP contribution in [0.1, 0.15) is 21.7 Å². The van der Waals surface area contributed by atoms with Gasteiger partial charge in [-0.05, 0) is 19.1 Å². The molecule has 0 aromatic carbocycles. The number of aromatic amines is 1. The number of hydrogen-bond donors (Lipinski definition) is 1. The molecule has 1 saturated heterocycles. The Bertz CT molecular complexity index is 841. The Morgan fingerprint density at radius 3 is 2.62 bits per heavy atom. The SMILES string of the molecule is Cc1cc(C#N)nc(N2CCN(C(=O)c3ccc(=O)[nH]c3)CC2)n1. The van der Waals surface area contributed by atoms with Crippen LogP contribution in [0, 0.1) is 18.3 Å². The lowest BCUT2D eigenvalue weighted by atomic mass is 10.2. The van der Waals surface area contributed by atoms with Crippen molar-refractivity contribution in [2.45, 2.75) is 6.92 Å². The highest BCUT2D eigenvalue weighted by atomic mass is 16.2. The number of aromatic nitrogens is 3. The fraction of sp³-hybridized carbons (Fsp3) is 0.312. The van der Waals surface area contributed by atoms with E-state index in [1.165, 1.54) is 18.3 Å². The number of anilines is 1. The molecule has 0 spiro atoms. The number of piperazine rings is 1. The van der Waals surface area contributed by atoms with E-state index in [9.17, 15) is 9.59 Å². The van der Waals surface area contributed by atoms with E-state index in [0.29, 0.717) is 43.4 Å². The van der Waals surface area contributed by atoms with E-state index in [2.05, 4.69) is 15.0 Å². The summed E-state index contributed by atoms with van der Waals surface area (Å²) in [4.78, 5) is 38.3. The second-order valence-corrected chi connectivity index (χ2v) is 5.53. The molecule has 8 heteroatoms. The Balaban J connectivity index is 1.68. The zero-order chi connectivity index (χ0) is 17.1. The summed E-state index contributed by atoms with van der Waals surface area (Å²) in [6.07, 6.45) is 1.43. The maximum atomic E-state index is 12.4. The highest BCUT2D eigenvalue weighted by molar-refractivity contribution is 5.94. The maximum absolute atomic E-state index is 12.4. The zero-order valence-electron chi connectivity index (χ0n) is 13.2. The standard InChI is InChI=1S/C16H16N6O2/c1-11-8-13(9-17)20-16(19-11)22-6-4-21(5-7-22)15(24)12-2-3-14(23)18-10-12/h2-3,8,10H,4-7H2,1H3,(H,18,23). The summed E-state index contributed by atoms with van der Waals surface area (Å²) in [7, 11) is 0. The molecule has 8 nitrogen and oxygen atoms in total. The third-order valence-electron chi connectivity index (χ3n) is 3.84. The number of carbonyl (C=O) groups is 1. The minimum atomic E-state index is -0.235. The first-order valence-electron chi connectivity index (χ1n) is 7.55. The number of rotatable bonds is 2. The number of aryl methyl sites for hydroxylation is 1. The molecule has 122 valence electrons. The van der Waals surface area contributed by atoms with E-state index >= 15 is 0 Å². The molecular formula is C16H16N6O2. The summed E-state index contributed by atoms with van der Waals surface area (Å²) in [6.45, 7) is 4.04. The normalized spacial score (nSPS) is 14.3. The lowest BCUT2D eigenvalue weighted by molar-refractivity contribution is 0.0745. The molecule has 0 aliphatic carbocycles. The fourth-order valence-corrected chi connectivity index (χ4v) is 2.59. The van der Waals surface area contributed by atoms with Crippen molar-refractivity contribution in [3.05, 3.63) is 51.7 Å². The minimum Gasteiger partial charge on any atom is -0.337 e. The molecule has 1 amide bonds. The van der Waals surface area contributed by atoms with Crippen molar-refractivity contribution < 1.29 is 4.79 Å². The van der Waals surface area contributed by atoms with Gasteiger partial charge in [0.05, 0.1) is 5.56 Å². The fourth-order valence-electron chi connectivity index (χ4n) is 2.59. The monoisotopic (exact) mass is 324 g/mol. The molecule has 0 radical (unpaired) electrons. The number of nitrogens with zero attached hydrogens (tertiary/aromatic N) is 5. The van der Waals surface area contributed by atoms with Crippen LogP contribution in [-0.2, 0) is 0 Å². The number of pyridine rings is 1. The van der Waals surface area contributed by atoms with Crippen molar-refractivity contribution in [3.63, 3.8) is 0 Å². The molecule has 1 N–H and O–H groups in total. The van der Waals surface area contributed by atoms with Crippen molar-refractivity contribution in [2.24, 2.45) is 0 Å². The van der Waals surface area contributed by atoms with Crippen LogP contribution in [0.2, 0.25) is 0 Å². The molecule has 0 bridgehead atoms. The van der Waals surface area contributed by atoms with Gasteiger partial charge < -0.3 is 14.8 Å². The van der Waals surface area contributed by atoms with Crippen molar-refractivity contribution in [3.8, 4) is 6.07 Å². The molecule has 1 aliphatic heterocycles. The van der Waals surface area contributed by atoms with Gasteiger partial charge >= 0.3 is 0 Å². The van der Waals surface area contributed by atoms with Gasteiger partial charge in [0.1, 0.15) is 11.8 Å². The van der Waals surface area contributed by atoms with Crippen LogP contribution in [0.4, 0.5) is 5.95 Å². The summed E-state index contributed by atoms with van der Waals surface area (Å²) in [5, 5.41) is 9.01. The van der Waals surface area contributed by atoms with E-state index < -0.39 is 0 Å². The van der Waals surface area contributed by atoms with Crippen molar-refractivity contribution >= 4 is 11.9 Å². The first kappa shape index (κ1) is 15.7. The van der Waals surface area contributed by atoms with Gasteiger partial charge in [-0.2, -0.15) is 5.26 Å². The topological polar surface area (TPSA) is 106 Å². The van der Waals surface area contributed by atoms with Gasteiger partial charge in [-0.1, -0.05) is 0 Å². The van der Waals surface area contributed by atoms with Gasteiger partial charge in [0.2, 0.25) is 11.5 Å². The molecule has 3 rings (SSSR count). The van der Waals surface area contributed by atoms with Gasteiger partial charge in [0.25, 0.3) is 5.91 Å². The van der Waals surface area contributed by atoms with Crippen LogP contribution in [0.5, 0.6) is 0 Å². The largest absolute Gasteiger partial charge is 0.337 e. The van der Waals surface area contributed by atoms with Gasteiger partial charge in [0, 0.05) is 44.1 Å². The molecular weight excluding hydrogens is 308 g/mol. The van der Waals surface area contributed by atoms with Crippen LogP contribution in [0.3, 0.4) is 0 Å². The molecule has 2 aromatic rings. The Morgan fingerprint density at radius 2 is 2.00 bits per heavy atom. The number of hydrogen-bond acceptors (Lipinski definition) is 6. The average molecular weight is 324 g/mol. The molecule has 2 aromatic heterocycles. The molecule has 0 atom stereocenters. The van der Waals surface area contributed by atoms with Crippen LogP contribution in [0.25, 0.3) is 0 Å². The van der Waals surface area contributed by atoms with Crippen LogP contribution in [0.15, 0.2) is 29.2 Å². The predicted molar refractivity (Wildman–Crippen MR) is 86.7 cm³/mol. The van der Waals surface area contributed by atoms with E-state index in [-0.39, 0.29) is 11.5 Å². The Labute approximate surface area is 138 Å². The average Bonchev–Trinajstić information content (AvgIpc) is 2.61. The summed E-state index contributed by atoms with van der Waals surface area (Å²) < 4.78 is 0. The molecule has 24 heavy (non-hydrogen) atoms. The third-order valence-corrected chi connectivity index (χ3v) is 3.84. The second-order valence-electron chi connectivity index (χ2n) is 5.53. The summed E-state index contributed by atoms with van der Waals surface area (Å²) in [5.41, 5.74) is 1.30. The van der Waals surface area contributed by atoms with Gasteiger partial charge in [0.15, 0.2) is 0 Å². The summed E-state index contributed by atoms with van der Waals surface area (Å²) >= 11 is 0. The number of nitrogens with one attached hydrogen (secondary N) is 1. The highest BCUT2D eigenvalue weighted by Gasteiger charge is 2.24. The van der Waals surface area contributed by atoms with Gasteiger partial charge in [-0.25, -0.2) is 9.97 Å². The van der Waals surface area contributed by atoms with Crippen molar-refractivity contribution in [2.75, 3.05) is 31.1 Å². The van der Waals surface area contributed by atoms with Crippen LogP contribution >= 0.6 is 0 Å². The van der Waals surface area contributed by atoms with Gasteiger partial charge in [-0.3, -0.25) is 9.59 Å². The van der Waals surface area contributed by atoms with E-state index in [1.54, 1.807) is 11.0 Å². The molecule has 1 fully saturated rings. The van der Waals surface area contributed by atoms with E-state index in [1.807, 2.05) is 17.9 Å². The molecule has 0 saturated carbocycles. The van der Waals surface area contributed by atoms with Crippen molar-refractivity contribution in [1.82, 2.24) is 19.9 Å². The molecule has 0 unspecified atom stereocenters. The number of carbonyl (C=O) groups excluding carboxylic acids is 1. The first-order chi connectivity index (χ1) is 11.6. The van der Waals surface area contributed by atoms with Crippen LogP contribution in [-0.4, -0.2) is 51.9 Å². The number of amides is 1. The van der Waals surface area contributed by atoms with E-state index in [4.69, 9.17) is 5.26 Å². The lowest BCUT2D eigenvalue weighted by Crippen LogP contribution is -2.49. The summed E-state index contributed by atoms with van der Waals surface area (Å²) in [6, 6.07) is 6.53. The number of nitriles is 1. The highest BCUT2D eigenvalue weighted by Crippen LogP contribution is 2.14. The molecule has 1 aliphatic rings. The first-order valence-corrected chi connectivity index (χ1v) is 7.55. The maximum Gasteiger partial charge on any atom is 0.255 e. The minimum absolute atomic E-state index is 0.117. The predicted octanol–water partition coefficient (Wildman–Crippen LogP) is 0.307. The zero-order valence-corrected chi connectivity index (χ0v) is 13.2. The number of H-pyrrole nitrogens is 1. The molecule has 3 heterocycles. The summed E-state index contributed by atoms with van der Waals surface area (Å²) in [5.74, 6) is 0.400. The Kier molecular flexibility index (Phi) is 4.24. The van der Waals surface area contributed by atoms with Crippen molar-refractivity contribution in [1.29, 1.82) is 5.26 Å². The second kappa shape index (κ2) is 6.50.